The van der Waals surface area contributed by atoms with Crippen LogP contribution in [0.2, 0.25) is 0 Å². The zero-order chi connectivity index (χ0) is 18.0. The van der Waals surface area contributed by atoms with Crippen LogP contribution in [0, 0.1) is 5.92 Å². The van der Waals surface area contributed by atoms with E-state index in [1.54, 1.807) is 12.1 Å². The van der Waals surface area contributed by atoms with Crippen LogP contribution in [0.15, 0.2) is 29.2 Å². The number of carbonyl (C=O) groups excluding carboxylic acids is 2. The summed E-state index contributed by atoms with van der Waals surface area (Å²) in [6.45, 7) is 2.56. The van der Waals surface area contributed by atoms with Crippen molar-refractivity contribution < 1.29 is 18.0 Å². The minimum absolute atomic E-state index is 0.0211. The molecule has 0 spiro atoms. The van der Waals surface area contributed by atoms with Crippen molar-refractivity contribution in [3.63, 3.8) is 0 Å². The SMILES string of the molecule is CS(=O)(=O)c1ccc(CC(=O)N2CCCN(C(=O)C3CC3)CC2)cc1. The molecule has 0 atom stereocenters. The molecule has 1 heterocycles. The summed E-state index contributed by atoms with van der Waals surface area (Å²) in [6.07, 6.45) is 4.22. The maximum Gasteiger partial charge on any atom is 0.227 e. The van der Waals surface area contributed by atoms with E-state index in [9.17, 15) is 18.0 Å². The highest BCUT2D eigenvalue weighted by Gasteiger charge is 2.34. The lowest BCUT2D eigenvalue weighted by Crippen LogP contribution is -2.38. The normalized spacial score (nSPS) is 18.8. The lowest BCUT2D eigenvalue weighted by Gasteiger charge is -2.22. The molecule has 2 amide bonds. The summed E-state index contributed by atoms with van der Waals surface area (Å²) in [5.41, 5.74) is 0.799. The Labute approximate surface area is 148 Å². The van der Waals surface area contributed by atoms with E-state index in [0.29, 0.717) is 19.6 Å². The molecule has 1 aromatic carbocycles. The largest absolute Gasteiger partial charge is 0.341 e. The van der Waals surface area contributed by atoms with Crippen LogP contribution in [0.5, 0.6) is 0 Å². The number of amides is 2. The molecule has 3 rings (SSSR count). The van der Waals surface area contributed by atoms with Gasteiger partial charge in [0.2, 0.25) is 11.8 Å². The second-order valence-corrected chi connectivity index (χ2v) is 8.94. The Hall–Kier alpha value is -1.89. The monoisotopic (exact) mass is 364 g/mol. The molecule has 1 saturated carbocycles. The van der Waals surface area contributed by atoms with Gasteiger partial charge >= 0.3 is 0 Å². The number of sulfone groups is 1. The molecule has 2 aliphatic rings. The molecule has 0 radical (unpaired) electrons. The highest BCUT2D eigenvalue weighted by atomic mass is 32.2. The maximum absolute atomic E-state index is 12.5. The van der Waals surface area contributed by atoms with Crippen molar-refractivity contribution in [1.29, 1.82) is 0 Å². The zero-order valence-electron chi connectivity index (χ0n) is 14.5. The molecule has 136 valence electrons. The van der Waals surface area contributed by atoms with Gasteiger partial charge in [0.15, 0.2) is 9.84 Å². The lowest BCUT2D eigenvalue weighted by molar-refractivity contribution is -0.134. The predicted molar refractivity (Wildman–Crippen MR) is 93.8 cm³/mol. The molecule has 0 bridgehead atoms. The van der Waals surface area contributed by atoms with E-state index in [4.69, 9.17) is 0 Å². The van der Waals surface area contributed by atoms with Crippen LogP contribution in [-0.2, 0) is 25.8 Å². The van der Waals surface area contributed by atoms with E-state index in [1.807, 2.05) is 9.80 Å². The first-order valence-corrected chi connectivity index (χ1v) is 10.6. The zero-order valence-corrected chi connectivity index (χ0v) is 15.3. The van der Waals surface area contributed by atoms with Crippen molar-refractivity contribution >= 4 is 21.7 Å². The van der Waals surface area contributed by atoms with E-state index in [-0.39, 0.29) is 29.0 Å². The quantitative estimate of drug-likeness (QED) is 0.802. The number of carbonyl (C=O) groups is 2. The van der Waals surface area contributed by atoms with Gasteiger partial charge in [0.25, 0.3) is 0 Å². The second-order valence-electron chi connectivity index (χ2n) is 6.93. The Morgan fingerprint density at radius 1 is 1.00 bits per heavy atom. The Morgan fingerprint density at radius 3 is 2.20 bits per heavy atom. The lowest BCUT2D eigenvalue weighted by atomic mass is 10.1. The van der Waals surface area contributed by atoms with E-state index in [2.05, 4.69) is 0 Å². The molecule has 0 aromatic heterocycles. The Morgan fingerprint density at radius 2 is 1.60 bits per heavy atom. The minimum Gasteiger partial charge on any atom is -0.341 e. The van der Waals surface area contributed by atoms with Crippen molar-refractivity contribution in [3.05, 3.63) is 29.8 Å². The highest BCUT2D eigenvalue weighted by molar-refractivity contribution is 7.90. The average Bonchev–Trinajstić information content (AvgIpc) is 3.40. The molecule has 7 heteroatoms. The van der Waals surface area contributed by atoms with Crippen LogP contribution in [0.25, 0.3) is 0 Å². The molecule has 0 N–H and O–H groups in total. The first-order chi connectivity index (χ1) is 11.8. The number of hydrogen-bond donors (Lipinski definition) is 0. The first-order valence-electron chi connectivity index (χ1n) is 8.70. The van der Waals surface area contributed by atoms with Crippen molar-refractivity contribution in [3.8, 4) is 0 Å². The van der Waals surface area contributed by atoms with E-state index in [0.717, 1.165) is 31.4 Å². The van der Waals surface area contributed by atoms with Crippen molar-refractivity contribution in [1.82, 2.24) is 9.80 Å². The van der Waals surface area contributed by atoms with Gasteiger partial charge in [-0.15, -0.1) is 0 Å². The molecule has 1 aliphatic heterocycles. The standard InChI is InChI=1S/C18H24N2O4S/c1-25(23,24)16-7-3-14(4-8-16)13-17(21)19-9-2-10-20(12-11-19)18(22)15-5-6-15/h3-4,7-8,15H,2,5-6,9-13H2,1H3. The van der Waals surface area contributed by atoms with Crippen molar-refractivity contribution in [2.45, 2.75) is 30.6 Å². The summed E-state index contributed by atoms with van der Waals surface area (Å²) in [7, 11) is -3.22. The molecular weight excluding hydrogens is 340 g/mol. The second kappa shape index (κ2) is 7.15. The number of rotatable bonds is 4. The number of hydrogen-bond acceptors (Lipinski definition) is 4. The van der Waals surface area contributed by atoms with Crippen LogP contribution in [-0.4, -0.2) is 62.5 Å². The Kier molecular flexibility index (Phi) is 5.13. The van der Waals surface area contributed by atoms with Gasteiger partial charge in [-0.1, -0.05) is 12.1 Å². The smallest absolute Gasteiger partial charge is 0.227 e. The molecule has 1 aromatic rings. The number of nitrogens with zero attached hydrogens (tertiary/aromatic N) is 2. The molecule has 25 heavy (non-hydrogen) atoms. The fraction of sp³-hybridized carbons (Fsp3) is 0.556. The molecule has 2 fully saturated rings. The highest BCUT2D eigenvalue weighted by Crippen LogP contribution is 2.31. The van der Waals surface area contributed by atoms with Crippen LogP contribution in [0.1, 0.15) is 24.8 Å². The molecule has 1 aliphatic carbocycles. The Balaban J connectivity index is 1.56. The van der Waals surface area contributed by atoms with Gasteiger partial charge in [-0.05, 0) is 37.0 Å². The van der Waals surface area contributed by atoms with Crippen molar-refractivity contribution in [2.75, 3.05) is 32.4 Å². The number of benzene rings is 1. The van der Waals surface area contributed by atoms with Crippen LogP contribution < -0.4 is 0 Å². The molecule has 0 unspecified atom stereocenters. The fourth-order valence-corrected chi connectivity index (χ4v) is 3.75. The third-order valence-electron chi connectivity index (χ3n) is 4.79. The molecular formula is C18H24N2O4S. The Bertz CT molecular complexity index is 754. The van der Waals surface area contributed by atoms with E-state index >= 15 is 0 Å². The van der Waals surface area contributed by atoms with Gasteiger partial charge in [-0.25, -0.2) is 8.42 Å². The molecule has 1 saturated heterocycles. The maximum atomic E-state index is 12.5. The summed E-state index contributed by atoms with van der Waals surface area (Å²) in [5, 5.41) is 0. The fourth-order valence-electron chi connectivity index (χ4n) is 3.12. The van der Waals surface area contributed by atoms with Crippen LogP contribution >= 0.6 is 0 Å². The summed E-state index contributed by atoms with van der Waals surface area (Å²) in [5.74, 6) is 0.481. The van der Waals surface area contributed by atoms with Gasteiger partial charge < -0.3 is 9.80 Å². The third-order valence-corrected chi connectivity index (χ3v) is 5.92. The average molecular weight is 364 g/mol. The van der Waals surface area contributed by atoms with E-state index in [1.165, 1.54) is 18.4 Å². The van der Waals surface area contributed by atoms with Crippen LogP contribution in [0.3, 0.4) is 0 Å². The van der Waals surface area contributed by atoms with E-state index < -0.39 is 9.84 Å². The van der Waals surface area contributed by atoms with Gasteiger partial charge in [0, 0.05) is 38.4 Å². The topological polar surface area (TPSA) is 74.8 Å². The van der Waals surface area contributed by atoms with Crippen LogP contribution in [0.4, 0.5) is 0 Å². The predicted octanol–water partition coefficient (Wildman–Crippen LogP) is 1.10. The van der Waals surface area contributed by atoms with Gasteiger partial charge in [0.1, 0.15) is 0 Å². The summed E-state index contributed by atoms with van der Waals surface area (Å²) >= 11 is 0. The summed E-state index contributed by atoms with van der Waals surface area (Å²) < 4.78 is 23.0. The van der Waals surface area contributed by atoms with Crippen molar-refractivity contribution in [2.24, 2.45) is 5.92 Å². The minimum atomic E-state index is -3.22. The van der Waals surface area contributed by atoms with Gasteiger partial charge in [-0.3, -0.25) is 9.59 Å². The summed E-state index contributed by atoms with van der Waals surface area (Å²) in [4.78, 5) is 28.7. The summed E-state index contributed by atoms with van der Waals surface area (Å²) in [6, 6.07) is 6.46. The molecule has 6 nitrogen and oxygen atoms in total. The first kappa shape index (κ1) is 17.9. The van der Waals surface area contributed by atoms with Gasteiger partial charge in [-0.2, -0.15) is 0 Å². The van der Waals surface area contributed by atoms with Gasteiger partial charge in [0.05, 0.1) is 11.3 Å². The third kappa shape index (κ3) is 4.60.